The fourth-order valence-corrected chi connectivity index (χ4v) is 5.28. The molecule has 2 heterocycles. The highest BCUT2D eigenvalue weighted by Gasteiger charge is 2.56. The van der Waals surface area contributed by atoms with Gasteiger partial charge in [0.05, 0.1) is 19.3 Å². The quantitative estimate of drug-likeness (QED) is 0.650. The van der Waals surface area contributed by atoms with Crippen molar-refractivity contribution in [1.29, 1.82) is 0 Å². The molecule has 1 spiro atoms. The number of carbonyl (C=O) groups is 1. The number of likely N-dealkylation sites (tertiary alicyclic amines) is 2. The largest absolute Gasteiger partial charge is 0.382 e. The molecule has 0 aromatic rings. The number of piperidine rings is 1. The van der Waals surface area contributed by atoms with E-state index in [1.54, 1.807) is 7.11 Å². The van der Waals surface area contributed by atoms with E-state index in [4.69, 9.17) is 9.47 Å². The van der Waals surface area contributed by atoms with Crippen molar-refractivity contribution in [3.05, 3.63) is 0 Å². The number of methoxy groups -OCH3 is 1. The molecule has 1 amide bonds. The molecule has 5 heteroatoms. The van der Waals surface area contributed by atoms with Gasteiger partial charge in [-0.25, -0.2) is 0 Å². The van der Waals surface area contributed by atoms with Crippen LogP contribution < -0.4 is 0 Å². The predicted octanol–water partition coefficient (Wildman–Crippen LogP) is 3.07. The molecule has 2 saturated heterocycles. The lowest BCUT2D eigenvalue weighted by molar-refractivity contribution is -0.204. The van der Waals surface area contributed by atoms with Gasteiger partial charge in [-0.15, -0.1) is 0 Å². The smallest absolute Gasteiger partial charge is 0.222 e. The second-order valence-corrected chi connectivity index (χ2v) is 8.88. The van der Waals surface area contributed by atoms with E-state index in [0.29, 0.717) is 43.6 Å². The van der Waals surface area contributed by atoms with Gasteiger partial charge >= 0.3 is 0 Å². The van der Waals surface area contributed by atoms with Crippen LogP contribution in [-0.2, 0) is 14.3 Å². The molecule has 2 aliphatic heterocycles. The average Bonchev–Trinajstić information content (AvgIpc) is 2.64. The van der Waals surface area contributed by atoms with Crippen molar-refractivity contribution in [2.75, 3.05) is 40.0 Å². The second-order valence-electron chi connectivity index (χ2n) is 8.88. The van der Waals surface area contributed by atoms with Crippen molar-refractivity contribution in [2.45, 2.75) is 82.9 Å². The van der Waals surface area contributed by atoms with Gasteiger partial charge in [0, 0.05) is 44.7 Å². The van der Waals surface area contributed by atoms with Crippen LogP contribution in [0.2, 0.25) is 0 Å². The first-order chi connectivity index (χ1) is 12.6. The Balaban J connectivity index is 1.55. The van der Waals surface area contributed by atoms with E-state index in [-0.39, 0.29) is 5.54 Å². The lowest BCUT2D eigenvalue weighted by Gasteiger charge is -2.63. The molecule has 1 saturated carbocycles. The minimum atomic E-state index is 0.265. The lowest BCUT2D eigenvalue weighted by Crippen LogP contribution is -2.75. The summed E-state index contributed by atoms with van der Waals surface area (Å²) in [4.78, 5) is 17.2. The lowest BCUT2D eigenvalue weighted by atomic mass is 9.69. The van der Waals surface area contributed by atoms with Crippen LogP contribution in [0.25, 0.3) is 0 Å². The maximum Gasteiger partial charge on any atom is 0.222 e. The van der Waals surface area contributed by atoms with Gasteiger partial charge in [-0.05, 0) is 31.6 Å². The highest BCUT2D eigenvalue weighted by atomic mass is 16.5. The molecule has 150 valence electrons. The minimum Gasteiger partial charge on any atom is -0.382 e. The van der Waals surface area contributed by atoms with Crippen molar-refractivity contribution in [3.8, 4) is 0 Å². The molecule has 0 aromatic carbocycles. The van der Waals surface area contributed by atoms with Crippen LogP contribution in [-0.4, -0.2) is 73.3 Å². The third-order valence-electron chi connectivity index (χ3n) is 6.70. The summed E-state index contributed by atoms with van der Waals surface area (Å²) in [5.41, 5.74) is 0.265. The third kappa shape index (κ3) is 4.26. The Labute approximate surface area is 159 Å². The normalized spacial score (nSPS) is 27.1. The number of carbonyl (C=O) groups excluding carboxylic acids is 1. The maximum absolute atomic E-state index is 12.3. The van der Waals surface area contributed by atoms with Gasteiger partial charge in [-0.3, -0.25) is 9.69 Å². The van der Waals surface area contributed by atoms with Gasteiger partial charge in [-0.2, -0.15) is 0 Å². The second kappa shape index (κ2) is 9.03. The first kappa shape index (κ1) is 20.1. The molecule has 0 radical (unpaired) electrons. The zero-order valence-electron chi connectivity index (χ0n) is 17.0. The summed E-state index contributed by atoms with van der Waals surface area (Å²) in [7, 11) is 1.74. The van der Waals surface area contributed by atoms with Crippen LogP contribution in [0.4, 0.5) is 0 Å². The molecule has 3 aliphatic rings. The van der Waals surface area contributed by atoms with Gasteiger partial charge in [-0.1, -0.05) is 33.1 Å². The molecule has 26 heavy (non-hydrogen) atoms. The fourth-order valence-electron chi connectivity index (χ4n) is 5.28. The first-order valence-corrected chi connectivity index (χ1v) is 10.7. The molecular formula is C21H38N2O3. The average molecular weight is 367 g/mol. The van der Waals surface area contributed by atoms with Crippen molar-refractivity contribution >= 4 is 5.91 Å². The molecule has 0 aromatic heterocycles. The Morgan fingerprint density at radius 1 is 1.12 bits per heavy atom. The number of amides is 1. The third-order valence-corrected chi connectivity index (χ3v) is 6.70. The van der Waals surface area contributed by atoms with E-state index in [0.717, 1.165) is 32.5 Å². The molecule has 0 N–H and O–H groups in total. The molecule has 3 fully saturated rings. The van der Waals surface area contributed by atoms with Gasteiger partial charge in [0.2, 0.25) is 5.91 Å². The highest BCUT2D eigenvalue weighted by Crippen LogP contribution is 2.47. The van der Waals surface area contributed by atoms with E-state index in [1.807, 2.05) is 0 Å². The van der Waals surface area contributed by atoms with Crippen molar-refractivity contribution in [3.63, 3.8) is 0 Å². The van der Waals surface area contributed by atoms with Crippen LogP contribution in [0.1, 0.15) is 65.2 Å². The number of nitrogens with zero attached hydrogens (tertiary/aromatic N) is 2. The number of hydrogen-bond acceptors (Lipinski definition) is 4. The van der Waals surface area contributed by atoms with Crippen LogP contribution in [0.3, 0.4) is 0 Å². The van der Waals surface area contributed by atoms with E-state index in [2.05, 4.69) is 23.6 Å². The molecule has 1 aliphatic carbocycles. The van der Waals surface area contributed by atoms with E-state index in [9.17, 15) is 4.79 Å². The van der Waals surface area contributed by atoms with Crippen LogP contribution in [0.15, 0.2) is 0 Å². The molecule has 3 rings (SSSR count). The molecule has 5 nitrogen and oxygen atoms in total. The summed E-state index contributed by atoms with van der Waals surface area (Å²) in [6.07, 6.45) is 9.87. The summed E-state index contributed by atoms with van der Waals surface area (Å²) >= 11 is 0. The molecular weight excluding hydrogens is 328 g/mol. The number of hydrogen-bond donors (Lipinski definition) is 0. The SMILES string of the molecule is COCCOC1CN(C2CCN(C(=O)CC(C)C)CC2)C12CCCCC2. The van der Waals surface area contributed by atoms with Crippen LogP contribution in [0, 0.1) is 5.92 Å². The van der Waals surface area contributed by atoms with E-state index < -0.39 is 0 Å². The zero-order valence-corrected chi connectivity index (χ0v) is 17.0. The summed E-state index contributed by atoms with van der Waals surface area (Å²) < 4.78 is 11.4. The number of rotatable bonds is 7. The molecule has 1 atom stereocenters. The molecule has 0 bridgehead atoms. The van der Waals surface area contributed by atoms with Crippen molar-refractivity contribution < 1.29 is 14.3 Å². The monoisotopic (exact) mass is 366 g/mol. The zero-order chi connectivity index (χ0) is 18.6. The predicted molar refractivity (Wildman–Crippen MR) is 103 cm³/mol. The van der Waals surface area contributed by atoms with Crippen LogP contribution in [0.5, 0.6) is 0 Å². The highest BCUT2D eigenvalue weighted by molar-refractivity contribution is 5.76. The summed E-state index contributed by atoms with van der Waals surface area (Å²) in [5, 5.41) is 0. The summed E-state index contributed by atoms with van der Waals surface area (Å²) in [6, 6.07) is 0.624. The van der Waals surface area contributed by atoms with Gasteiger partial charge in [0.15, 0.2) is 0 Å². The Bertz CT molecular complexity index is 454. The van der Waals surface area contributed by atoms with E-state index in [1.165, 1.54) is 32.1 Å². The van der Waals surface area contributed by atoms with Gasteiger partial charge in [0.25, 0.3) is 0 Å². The minimum absolute atomic E-state index is 0.265. The fraction of sp³-hybridized carbons (Fsp3) is 0.952. The Morgan fingerprint density at radius 3 is 2.42 bits per heavy atom. The Hall–Kier alpha value is -0.650. The summed E-state index contributed by atoms with van der Waals surface area (Å²) in [5.74, 6) is 0.793. The first-order valence-electron chi connectivity index (χ1n) is 10.7. The van der Waals surface area contributed by atoms with Crippen LogP contribution >= 0.6 is 0 Å². The van der Waals surface area contributed by atoms with E-state index >= 15 is 0 Å². The van der Waals surface area contributed by atoms with Crippen molar-refractivity contribution in [2.24, 2.45) is 5.92 Å². The van der Waals surface area contributed by atoms with Gasteiger partial charge < -0.3 is 14.4 Å². The number of ether oxygens (including phenoxy) is 2. The van der Waals surface area contributed by atoms with Crippen molar-refractivity contribution in [1.82, 2.24) is 9.80 Å². The standard InChI is InChI=1S/C21H38N2O3/c1-17(2)15-20(24)22-11-7-18(8-12-22)23-16-19(26-14-13-25-3)21(23)9-5-4-6-10-21/h17-19H,4-16H2,1-3H3. The Morgan fingerprint density at radius 2 is 1.81 bits per heavy atom. The maximum atomic E-state index is 12.3. The topological polar surface area (TPSA) is 42.0 Å². The summed E-state index contributed by atoms with van der Waals surface area (Å²) in [6.45, 7) is 8.56. The van der Waals surface area contributed by atoms with Gasteiger partial charge in [0.1, 0.15) is 0 Å². The molecule has 1 unspecified atom stereocenters. The Kier molecular flexibility index (Phi) is 6.98.